The molecule has 134 valence electrons. The quantitative estimate of drug-likeness (QED) is 0.656. The van der Waals surface area contributed by atoms with Crippen LogP contribution in [0.5, 0.6) is 0 Å². The fraction of sp³-hybridized carbons (Fsp3) is 0.286. The molecule has 1 aromatic heterocycles. The third-order valence-corrected chi connectivity index (χ3v) is 5.28. The molecule has 0 aliphatic carbocycles. The first-order valence-corrected chi connectivity index (χ1v) is 9.32. The topological polar surface area (TPSA) is 45.5 Å². The highest BCUT2D eigenvalue weighted by atomic mass is 35.5. The molecule has 0 unspecified atom stereocenters. The van der Waals surface area contributed by atoms with E-state index < -0.39 is 0 Å². The molecule has 4 nitrogen and oxygen atoms in total. The second-order valence-corrected chi connectivity index (χ2v) is 7.35. The summed E-state index contributed by atoms with van der Waals surface area (Å²) in [6.07, 6.45) is 2.36. The minimum Gasteiger partial charge on any atom is -0.451 e. The number of rotatable bonds is 3. The number of nitrogens with one attached hydrogen (secondary N) is 1. The van der Waals surface area contributed by atoms with Crippen molar-refractivity contribution in [2.24, 2.45) is 5.92 Å². The molecule has 26 heavy (non-hydrogen) atoms. The van der Waals surface area contributed by atoms with E-state index in [1.807, 2.05) is 36.4 Å². The van der Waals surface area contributed by atoms with Crippen LogP contribution in [0.2, 0.25) is 5.02 Å². The number of furan rings is 1. The van der Waals surface area contributed by atoms with Gasteiger partial charge in [-0.1, -0.05) is 36.7 Å². The minimum absolute atomic E-state index is 0.281. The lowest BCUT2D eigenvalue weighted by molar-refractivity contribution is 0.0998. The normalized spacial score (nSPS) is 15.4. The lowest BCUT2D eigenvalue weighted by atomic mass is 9.99. The van der Waals surface area contributed by atoms with Gasteiger partial charge in [0, 0.05) is 24.2 Å². The second-order valence-electron chi connectivity index (χ2n) is 6.94. The molecule has 0 radical (unpaired) electrons. The molecule has 1 aliphatic heterocycles. The number of carbonyl (C=O) groups excluding carboxylic acids is 1. The molecule has 1 N–H and O–H groups in total. The van der Waals surface area contributed by atoms with Gasteiger partial charge >= 0.3 is 0 Å². The molecule has 0 atom stereocenters. The van der Waals surface area contributed by atoms with Crippen LogP contribution >= 0.6 is 11.6 Å². The Morgan fingerprint density at radius 3 is 2.65 bits per heavy atom. The molecule has 1 fully saturated rings. The summed E-state index contributed by atoms with van der Waals surface area (Å²) in [5.74, 6) is 0.778. The average molecular weight is 369 g/mol. The summed E-state index contributed by atoms with van der Waals surface area (Å²) in [6.45, 7) is 4.33. The van der Waals surface area contributed by atoms with Crippen LogP contribution in [0.1, 0.15) is 30.3 Å². The van der Waals surface area contributed by atoms with Crippen molar-refractivity contribution in [2.75, 3.05) is 23.3 Å². The van der Waals surface area contributed by atoms with Gasteiger partial charge in [0.05, 0.1) is 10.7 Å². The van der Waals surface area contributed by atoms with Gasteiger partial charge in [-0.15, -0.1) is 0 Å². The van der Waals surface area contributed by atoms with Gasteiger partial charge in [-0.3, -0.25) is 4.79 Å². The largest absolute Gasteiger partial charge is 0.451 e. The van der Waals surface area contributed by atoms with Gasteiger partial charge in [-0.25, -0.2) is 0 Å². The lowest BCUT2D eigenvalue weighted by Gasteiger charge is -2.32. The Kier molecular flexibility index (Phi) is 4.60. The number of amides is 1. The molecular weight excluding hydrogens is 348 g/mol. The SMILES string of the molecule is CC1CCN(c2ccc(NC(=O)c3cc4ccccc4o3)cc2Cl)CC1. The van der Waals surface area contributed by atoms with Crippen LogP contribution in [0.4, 0.5) is 11.4 Å². The van der Waals surface area contributed by atoms with Crippen molar-refractivity contribution in [3.63, 3.8) is 0 Å². The second kappa shape index (κ2) is 7.04. The molecule has 4 rings (SSSR count). The van der Waals surface area contributed by atoms with E-state index >= 15 is 0 Å². The standard InChI is InChI=1S/C21H21ClN2O2/c1-14-8-10-24(11-9-14)18-7-6-16(13-17(18)22)23-21(25)20-12-15-4-2-3-5-19(15)26-20/h2-7,12-14H,8-11H2,1H3,(H,23,25). The van der Waals surface area contributed by atoms with Crippen molar-refractivity contribution in [1.82, 2.24) is 0 Å². The lowest BCUT2D eigenvalue weighted by Crippen LogP contribution is -2.32. The van der Waals surface area contributed by atoms with Gasteiger partial charge in [-0.2, -0.15) is 0 Å². The van der Waals surface area contributed by atoms with Gasteiger partial charge in [0.2, 0.25) is 0 Å². The van der Waals surface area contributed by atoms with E-state index in [0.29, 0.717) is 16.3 Å². The summed E-state index contributed by atoms with van der Waals surface area (Å²) in [7, 11) is 0. The number of carbonyl (C=O) groups is 1. The minimum atomic E-state index is -0.281. The highest BCUT2D eigenvalue weighted by Gasteiger charge is 2.19. The van der Waals surface area contributed by atoms with E-state index in [1.54, 1.807) is 12.1 Å². The zero-order valence-electron chi connectivity index (χ0n) is 14.7. The van der Waals surface area contributed by atoms with E-state index in [0.717, 1.165) is 30.1 Å². The van der Waals surface area contributed by atoms with Crippen LogP contribution in [0.25, 0.3) is 11.0 Å². The van der Waals surface area contributed by atoms with Crippen molar-refractivity contribution >= 4 is 39.9 Å². The van der Waals surface area contributed by atoms with Crippen LogP contribution in [0, 0.1) is 5.92 Å². The number of halogens is 1. The van der Waals surface area contributed by atoms with Crippen LogP contribution in [0.3, 0.4) is 0 Å². The Morgan fingerprint density at radius 2 is 1.92 bits per heavy atom. The molecule has 0 bridgehead atoms. The third-order valence-electron chi connectivity index (χ3n) is 4.98. The van der Waals surface area contributed by atoms with Gasteiger partial charge in [0.1, 0.15) is 5.58 Å². The summed E-state index contributed by atoms with van der Waals surface area (Å²) in [4.78, 5) is 14.8. The molecule has 3 aromatic rings. The predicted octanol–water partition coefficient (Wildman–Crippen LogP) is 5.57. The summed E-state index contributed by atoms with van der Waals surface area (Å²) in [5.41, 5.74) is 2.39. The van der Waals surface area contributed by atoms with E-state index in [1.165, 1.54) is 12.8 Å². The Labute approximate surface area is 157 Å². The molecule has 2 heterocycles. The van der Waals surface area contributed by atoms with Crippen molar-refractivity contribution in [3.05, 3.63) is 59.3 Å². The van der Waals surface area contributed by atoms with Crippen LogP contribution < -0.4 is 10.2 Å². The smallest absolute Gasteiger partial charge is 0.291 e. The molecular formula is C21H21ClN2O2. The number of hydrogen-bond acceptors (Lipinski definition) is 3. The van der Waals surface area contributed by atoms with E-state index in [2.05, 4.69) is 17.1 Å². The summed E-state index contributed by atoms with van der Waals surface area (Å²) in [6, 6.07) is 15.0. The highest BCUT2D eigenvalue weighted by Crippen LogP contribution is 2.32. The Morgan fingerprint density at radius 1 is 1.15 bits per heavy atom. The Balaban J connectivity index is 1.49. The van der Waals surface area contributed by atoms with Gasteiger partial charge in [-0.05, 0) is 49.1 Å². The number of benzene rings is 2. The van der Waals surface area contributed by atoms with Gasteiger partial charge in [0.15, 0.2) is 5.76 Å². The Bertz CT molecular complexity index is 909. The number of piperidine rings is 1. The maximum Gasteiger partial charge on any atom is 0.291 e. The maximum absolute atomic E-state index is 12.5. The summed E-state index contributed by atoms with van der Waals surface area (Å²) in [5, 5.41) is 4.42. The van der Waals surface area contributed by atoms with E-state index in [9.17, 15) is 4.79 Å². The fourth-order valence-electron chi connectivity index (χ4n) is 3.38. The zero-order valence-corrected chi connectivity index (χ0v) is 15.4. The van der Waals surface area contributed by atoms with Crippen LogP contribution in [-0.2, 0) is 0 Å². The molecule has 1 amide bonds. The first-order chi connectivity index (χ1) is 12.6. The van der Waals surface area contributed by atoms with Crippen LogP contribution in [-0.4, -0.2) is 19.0 Å². The molecule has 1 saturated heterocycles. The molecule has 2 aromatic carbocycles. The summed E-state index contributed by atoms with van der Waals surface area (Å²) < 4.78 is 5.61. The predicted molar refractivity (Wildman–Crippen MR) is 106 cm³/mol. The molecule has 0 saturated carbocycles. The van der Waals surface area contributed by atoms with Crippen molar-refractivity contribution in [2.45, 2.75) is 19.8 Å². The average Bonchev–Trinajstić information content (AvgIpc) is 3.07. The first kappa shape index (κ1) is 17.0. The van der Waals surface area contributed by atoms with E-state index in [4.69, 9.17) is 16.0 Å². The van der Waals surface area contributed by atoms with Crippen LogP contribution in [0.15, 0.2) is 52.9 Å². The third kappa shape index (κ3) is 3.42. The van der Waals surface area contributed by atoms with Crippen molar-refractivity contribution in [1.29, 1.82) is 0 Å². The maximum atomic E-state index is 12.5. The number of fused-ring (bicyclic) bond motifs is 1. The summed E-state index contributed by atoms with van der Waals surface area (Å²) >= 11 is 6.48. The number of para-hydroxylation sites is 1. The monoisotopic (exact) mass is 368 g/mol. The van der Waals surface area contributed by atoms with Gasteiger partial charge < -0.3 is 14.6 Å². The Hall–Kier alpha value is -2.46. The zero-order chi connectivity index (χ0) is 18.1. The van der Waals surface area contributed by atoms with Gasteiger partial charge in [0.25, 0.3) is 5.91 Å². The van der Waals surface area contributed by atoms with Crippen molar-refractivity contribution < 1.29 is 9.21 Å². The number of anilines is 2. The first-order valence-electron chi connectivity index (χ1n) is 8.94. The highest BCUT2D eigenvalue weighted by molar-refractivity contribution is 6.33. The number of hydrogen-bond donors (Lipinski definition) is 1. The molecule has 5 heteroatoms. The molecule has 1 aliphatic rings. The molecule has 0 spiro atoms. The van der Waals surface area contributed by atoms with Crippen molar-refractivity contribution in [3.8, 4) is 0 Å². The number of nitrogens with zero attached hydrogens (tertiary/aromatic N) is 1. The van der Waals surface area contributed by atoms with E-state index in [-0.39, 0.29) is 11.7 Å². The fourth-order valence-corrected chi connectivity index (χ4v) is 3.68.